The number of nitrogens with one attached hydrogen (secondary N) is 1. The van der Waals surface area contributed by atoms with Gasteiger partial charge in [0.2, 0.25) is 0 Å². The van der Waals surface area contributed by atoms with E-state index in [2.05, 4.69) is 43.4 Å². The van der Waals surface area contributed by atoms with Crippen LogP contribution in [0.3, 0.4) is 0 Å². The summed E-state index contributed by atoms with van der Waals surface area (Å²) in [5.41, 5.74) is 9.90. The summed E-state index contributed by atoms with van der Waals surface area (Å²) in [4.78, 5) is 0.424. The molecule has 0 saturated heterocycles. The second kappa shape index (κ2) is 5.85. The van der Waals surface area contributed by atoms with Crippen LogP contribution < -0.4 is 11.1 Å². The number of rotatable bonds is 4. The lowest BCUT2D eigenvalue weighted by Crippen LogP contribution is -2.08. The van der Waals surface area contributed by atoms with E-state index < -0.39 is 0 Å². The molecule has 0 aliphatic rings. The third kappa shape index (κ3) is 3.55. The first kappa shape index (κ1) is 13.6. The van der Waals surface area contributed by atoms with E-state index in [0.717, 1.165) is 16.9 Å². The zero-order valence-electron chi connectivity index (χ0n) is 11.2. The van der Waals surface area contributed by atoms with Gasteiger partial charge in [-0.15, -0.1) is 0 Å². The van der Waals surface area contributed by atoms with Crippen LogP contribution in [0.5, 0.6) is 0 Å². The van der Waals surface area contributed by atoms with Crippen molar-refractivity contribution in [3.8, 4) is 0 Å². The number of benzene rings is 2. The lowest BCUT2D eigenvalue weighted by atomic mass is 10.0. The molecule has 2 aromatic rings. The summed E-state index contributed by atoms with van der Waals surface area (Å²) in [5.74, 6) is 0.555. The summed E-state index contributed by atoms with van der Waals surface area (Å²) >= 11 is 4.93. The zero-order chi connectivity index (χ0) is 13.8. The molecule has 2 nitrogen and oxygen atoms in total. The molecule has 2 aromatic carbocycles. The summed E-state index contributed by atoms with van der Waals surface area (Å²) in [6, 6.07) is 16.3. The van der Waals surface area contributed by atoms with Gasteiger partial charge < -0.3 is 11.1 Å². The Morgan fingerprint density at radius 3 is 1.84 bits per heavy atom. The van der Waals surface area contributed by atoms with E-state index in [-0.39, 0.29) is 0 Å². The molecule has 0 fully saturated rings. The standard InChI is InChI=1S/C16H18N2S/c1-11(2)12-3-7-14(8-4-12)18-15-9-5-13(6-10-15)16(17)19/h3-11,18H,1-2H3,(H2,17,19). The number of thiocarbonyl (C=S) groups is 1. The topological polar surface area (TPSA) is 38.0 Å². The minimum Gasteiger partial charge on any atom is -0.389 e. The summed E-state index contributed by atoms with van der Waals surface area (Å²) in [7, 11) is 0. The number of anilines is 2. The Hall–Kier alpha value is -1.87. The number of nitrogens with two attached hydrogens (primary N) is 1. The molecule has 0 aromatic heterocycles. The smallest absolute Gasteiger partial charge is 0.103 e. The van der Waals surface area contributed by atoms with Crippen LogP contribution in [0.2, 0.25) is 0 Å². The Morgan fingerprint density at radius 1 is 0.947 bits per heavy atom. The predicted molar refractivity (Wildman–Crippen MR) is 86.1 cm³/mol. The molecular formula is C16H18N2S. The molecule has 0 atom stereocenters. The summed E-state index contributed by atoms with van der Waals surface area (Å²) in [6.07, 6.45) is 0. The summed E-state index contributed by atoms with van der Waals surface area (Å²) in [5, 5.41) is 3.35. The molecule has 98 valence electrons. The molecule has 0 aliphatic heterocycles. The van der Waals surface area contributed by atoms with Crippen molar-refractivity contribution in [2.24, 2.45) is 5.73 Å². The molecule has 0 radical (unpaired) electrons. The SMILES string of the molecule is CC(C)c1ccc(Nc2ccc(C(N)=S)cc2)cc1. The first-order valence-corrected chi connectivity index (χ1v) is 6.74. The van der Waals surface area contributed by atoms with Gasteiger partial charge in [-0.3, -0.25) is 0 Å². The van der Waals surface area contributed by atoms with Gasteiger partial charge in [-0.25, -0.2) is 0 Å². The van der Waals surface area contributed by atoms with Crippen LogP contribution in [0, 0.1) is 0 Å². The van der Waals surface area contributed by atoms with E-state index in [9.17, 15) is 0 Å². The van der Waals surface area contributed by atoms with Crippen molar-refractivity contribution in [3.63, 3.8) is 0 Å². The van der Waals surface area contributed by atoms with Crippen molar-refractivity contribution in [2.75, 3.05) is 5.32 Å². The molecular weight excluding hydrogens is 252 g/mol. The van der Waals surface area contributed by atoms with Gasteiger partial charge in [-0.05, 0) is 47.9 Å². The van der Waals surface area contributed by atoms with Gasteiger partial charge in [0.15, 0.2) is 0 Å². The zero-order valence-corrected chi connectivity index (χ0v) is 12.0. The fraction of sp³-hybridized carbons (Fsp3) is 0.188. The van der Waals surface area contributed by atoms with Crippen LogP contribution >= 0.6 is 12.2 Å². The van der Waals surface area contributed by atoms with E-state index in [1.807, 2.05) is 24.3 Å². The van der Waals surface area contributed by atoms with Gasteiger partial charge >= 0.3 is 0 Å². The molecule has 0 bridgehead atoms. The van der Waals surface area contributed by atoms with Gasteiger partial charge in [0, 0.05) is 16.9 Å². The maximum Gasteiger partial charge on any atom is 0.103 e. The van der Waals surface area contributed by atoms with E-state index >= 15 is 0 Å². The third-order valence-electron chi connectivity index (χ3n) is 3.04. The maximum atomic E-state index is 5.57. The Labute approximate surface area is 119 Å². The Bertz CT molecular complexity index is 556. The van der Waals surface area contributed by atoms with Crippen molar-refractivity contribution in [3.05, 3.63) is 59.7 Å². The molecule has 19 heavy (non-hydrogen) atoms. The summed E-state index contributed by atoms with van der Waals surface area (Å²) in [6.45, 7) is 4.38. The molecule has 0 spiro atoms. The highest BCUT2D eigenvalue weighted by atomic mass is 32.1. The molecule has 0 unspecified atom stereocenters. The van der Waals surface area contributed by atoms with E-state index in [1.165, 1.54) is 5.56 Å². The van der Waals surface area contributed by atoms with Crippen molar-refractivity contribution < 1.29 is 0 Å². The Kier molecular flexibility index (Phi) is 4.17. The largest absolute Gasteiger partial charge is 0.389 e. The monoisotopic (exact) mass is 270 g/mol. The fourth-order valence-corrected chi connectivity index (χ4v) is 1.97. The molecule has 0 aliphatic carbocycles. The van der Waals surface area contributed by atoms with Gasteiger partial charge in [-0.1, -0.05) is 38.2 Å². The predicted octanol–water partition coefficient (Wildman–Crippen LogP) is 4.19. The van der Waals surface area contributed by atoms with Crippen LogP contribution in [0.4, 0.5) is 11.4 Å². The van der Waals surface area contributed by atoms with Crippen LogP contribution in [-0.2, 0) is 0 Å². The molecule has 0 amide bonds. The highest BCUT2D eigenvalue weighted by molar-refractivity contribution is 7.80. The number of hydrogen-bond donors (Lipinski definition) is 2. The average Bonchev–Trinajstić information content (AvgIpc) is 2.40. The Morgan fingerprint density at radius 2 is 1.42 bits per heavy atom. The highest BCUT2D eigenvalue weighted by Gasteiger charge is 2.00. The van der Waals surface area contributed by atoms with Crippen LogP contribution in [0.1, 0.15) is 30.9 Å². The first-order valence-electron chi connectivity index (χ1n) is 6.33. The van der Waals surface area contributed by atoms with Crippen LogP contribution in [0.15, 0.2) is 48.5 Å². The van der Waals surface area contributed by atoms with Gasteiger partial charge in [0.05, 0.1) is 0 Å². The third-order valence-corrected chi connectivity index (χ3v) is 3.27. The normalized spacial score (nSPS) is 10.5. The van der Waals surface area contributed by atoms with Gasteiger partial charge in [0.25, 0.3) is 0 Å². The lowest BCUT2D eigenvalue weighted by Gasteiger charge is -2.09. The van der Waals surface area contributed by atoms with E-state index in [1.54, 1.807) is 0 Å². The van der Waals surface area contributed by atoms with Gasteiger partial charge in [-0.2, -0.15) is 0 Å². The second-order valence-electron chi connectivity index (χ2n) is 4.84. The van der Waals surface area contributed by atoms with E-state index in [4.69, 9.17) is 18.0 Å². The molecule has 2 rings (SSSR count). The highest BCUT2D eigenvalue weighted by Crippen LogP contribution is 2.20. The van der Waals surface area contributed by atoms with Crippen LogP contribution in [-0.4, -0.2) is 4.99 Å². The number of hydrogen-bond acceptors (Lipinski definition) is 2. The molecule has 3 N–H and O–H groups in total. The molecule has 0 heterocycles. The van der Waals surface area contributed by atoms with Gasteiger partial charge in [0.1, 0.15) is 4.99 Å². The average molecular weight is 270 g/mol. The second-order valence-corrected chi connectivity index (χ2v) is 5.28. The minimum atomic E-state index is 0.424. The Balaban J connectivity index is 2.10. The molecule has 0 saturated carbocycles. The van der Waals surface area contributed by atoms with Crippen molar-refractivity contribution >= 4 is 28.6 Å². The van der Waals surface area contributed by atoms with Crippen molar-refractivity contribution in [1.82, 2.24) is 0 Å². The maximum absolute atomic E-state index is 5.57. The van der Waals surface area contributed by atoms with Crippen molar-refractivity contribution in [2.45, 2.75) is 19.8 Å². The quantitative estimate of drug-likeness (QED) is 0.818. The fourth-order valence-electron chi connectivity index (χ4n) is 1.84. The minimum absolute atomic E-state index is 0.424. The summed E-state index contributed by atoms with van der Waals surface area (Å²) < 4.78 is 0. The van der Waals surface area contributed by atoms with E-state index in [0.29, 0.717) is 10.9 Å². The van der Waals surface area contributed by atoms with Crippen LogP contribution in [0.25, 0.3) is 0 Å². The lowest BCUT2D eigenvalue weighted by molar-refractivity contribution is 0.867. The first-order chi connectivity index (χ1) is 9.06. The van der Waals surface area contributed by atoms with Crippen molar-refractivity contribution in [1.29, 1.82) is 0 Å². The molecule has 3 heteroatoms.